The van der Waals surface area contributed by atoms with E-state index in [1.165, 1.54) is 36.3 Å². The predicted octanol–water partition coefficient (Wildman–Crippen LogP) is 4.00. The van der Waals surface area contributed by atoms with Crippen LogP contribution in [0.2, 0.25) is 0 Å². The van der Waals surface area contributed by atoms with E-state index < -0.39 is 0 Å². The van der Waals surface area contributed by atoms with Crippen LogP contribution >= 0.6 is 11.3 Å². The fraction of sp³-hybridized carbons (Fsp3) is 0.412. The van der Waals surface area contributed by atoms with Gasteiger partial charge in [-0.1, -0.05) is 0 Å². The van der Waals surface area contributed by atoms with Gasteiger partial charge in [-0.3, -0.25) is 4.79 Å². The van der Waals surface area contributed by atoms with E-state index in [0.29, 0.717) is 4.88 Å². The van der Waals surface area contributed by atoms with E-state index in [2.05, 4.69) is 27.3 Å². The van der Waals surface area contributed by atoms with Crippen molar-refractivity contribution < 1.29 is 4.79 Å². The zero-order valence-electron chi connectivity index (χ0n) is 13.1. The molecule has 1 amide bonds. The molecular weight excluding hydrogens is 294 g/mol. The molecule has 1 fully saturated rings. The molecule has 22 heavy (non-hydrogen) atoms. The average molecular weight is 315 g/mol. The molecule has 1 aliphatic rings. The SMILES string of the molecule is Cc1nc(C)c(C(=O)Nc2ccc(N3CCCCC3)cc2)s1. The number of aromatic nitrogens is 1. The Morgan fingerprint density at radius 2 is 1.82 bits per heavy atom. The summed E-state index contributed by atoms with van der Waals surface area (Å²) in [5.41, 5.74) is 2.86. The van der Waals surface area contributed by atoms with Crippen LogP contribution in [0.5, 0.6) is 0 Å². The van der Waals surface area contributed by atoms with E-state index in [0.717, 1.165) is 29.5 Å². The minimum absolute atomic E-state index is 0.0752. The Balaban J connectivity index is 1.68. The van der Waals surface area contributed by atoms with Crippen LogP contribution in [0.4, 0.5) is 11.4 Å². The Labute approximate surface area is 135 Å². The zero-order chi connectivity index (χ0) is 15.5. The van der Waals surface area contributed by atoms with Gasteiger partial charge in [-0.15, -0.1) is 11.3 Å². The lowest BCUT2D eigenvalue weighted by molar-refractivity contribution is 0.103. The molecule has 2 aromatic rings. The van der Waals surface area contributed by atoms with Crippen molar-refractivity contribution in [3.63, 3.8) is 0 Å². The molecule has 1 aromatic carbocycles. The van der Waals surface area contributed by atoms with Gasteiger partial charge in [0.25, 0.3) is 5.91 Å². The van der Waals surface area contributed by atoms with Crippen molar-refractivity contribution in [1.82, 2.24) is 4.98 Å². The maximum absolute atomic E-state index is 12.3. The molecule has 1 aromatic heterocycles. The quantitative estimate of drug-likeness (QED) is 0.931. The molecule has 4 nitrogen and oxygen atoms in total. The van der Waals surface area contributed by atoms with Gasteiger partial charge < -0.3 is 10.2 Å². The number of hydrogen-bond donors (Lipinski definition) is 1. The normalized spacial score (nSPS) is 14.9. The Kier molecular flexibility index (Phi) is 4.43. The number of rotatable bonds is 3. The summed E-state index contributed by atoms with van der Waals surface area (Å²) in [6, 6.07) is 8.13. The predicted molar refractivity (Wildman–Crippen MR) is 92.0 cm³/mol. The van der Waals surface area contributed by atoms with Crippen LogP contribution in [0.1, 0.15) is 39.6 Å². The van der Waals surface area contributed by atoms with Gasteiger partial charge in [0.1, 0.15) is 4.88 Å². The monoisotopic (exact) mass is 315 g/mol. The highest BCUT2D eigenvalue weighted by Crippen LogP contribution is 2.23. The summed E-state index contributed by atoms with van der Waals surface area (Å²) in [6.07, 6.45) is 3.86. The van der Waals surface area contributed by atoms with E-state index in [1.54, 1.807) is 0 Å². The average Bonchev–Trinajstić information content (AvgIpc) is 2.88. The van der Waals surface area contributed by atoms with Gasteiger partial charge in [0, 0.05) is 24.5 Å². The number of anilines is 2. The molecule has 0 spiro atoms. The third kappa shape index (κ3) is 3.30. The molecule has 5 heteroatoms. The van der Waals surface area contributed by atoms with Gasteiger partial charge in [0.05, 0.1) is 10.7 Å². The van der Waals surface area contributed by atoms with E-state index in [1.807, 2.05) is 26.0 Å². The molecular formula is C17H21N3OS. The Bertz CT molecular complexity index is 657. The van der Waals surface area contributed by atoms with Crippen LogP contribution < -0.4 is 10.2 Å². The summed E-state index contributed by atoms with van der Waals surface area (Å²) in [7, 11) is 0. The van der Waals surface area contributed by atoms with Gasteiger partial charge in [0.2, 0.25) is 0 Å². The second-order valence-electron chi connectivity index (χ2n) is 5.70. The minimum atomic E-state index is -0.0752. The first kappa shape index (κ1) is 15.0. The van der Waals surface area contributed by atoms with Crippen LogP contribution in [0, 0.1) is 13.8 Å². The molecule has 3 rings (SSSR count). The van der Waals surface area contributed by atoms with Crippen molar-refractivity contribution in [1.29, 1.82) is 0 Å². The second kappa shape index (κ2) is 6.48. The lowest BCUT2D eigenvalue weighted by Crippen LogP contribution is -2.29. The molecule has 0 saturated carbocycles. The van der Waals surface area contributed by atoms with E-state index in [4.69, 9.17) is 0 Å². The van der Waals surface area contributed by atoms with Crippen molar-refractivity contribution in [2.24, 2.45) is 0 Å². The number of hydrogen-bond acceptors (Lipinski definition) is 4. The number of thiazole rings is 1. The molecule has 0 bridgehead atoms. The van der Waals surface area contributed by atoms with Gasteiger partial charge in [-0.25, -0.2) is 4.98 Å². The Morgan fingerprint density at radius 1 is 1.14 bits per heavy atom. The highest BCUT2D eigenvalue weighted by atomic mass is 32.1. The summed E-state index contributed by atoms with van der Waals surface area (Å²) in [4.78, 5) is 19.7. The fourth-order valence-corrected chi connectivity index (χ4v) is 3.65. The number of aryl methyl sites for hydroxylation is 2. The lowest BCUT2D eigenvalue weighted by atomic mass is 10.1. The molecule has 0 radical (unpaired) electrons. The Morgan fingerprint density at radius 3 is 2.41 bits per heavy atom. The Hall–Kier alpha value is -1.88. The van der Waals surface area contributed by atoms with Crippen LogP contribution in [0.25, 0.3) is 0 Å². The van der Waals surface area contributed by atoms with Gasteiger partial charge in [-0.2, -0.15) is 0 Å². The first-order valence-electron chi connectivity index (χ1n) is 7.74. The number of carbonyl (C=O) groups is 1. The number of piperidine rings is 1. The summed E-state index contributed by atoms with van der Waals surface area (Å²) in [5, 5.41) is 3.88. The molecule has 0 atom stereocenters. The van der Waals surface area contributed by atoms with Crippen molar-refractivity contribution >= 4 is 28.6 Å². The minimum Gasteiger partial charge on any atom is -0.372 e. The van der Waals surface area contributed by atoms with Crippen LogP contribution in [-0.4, -0.2) is 24.0 Å². The standard InChI is InChI=1S/C17H21N3OS/c1-12-16(22-13(2)18-12)17(21)19-14-6-8-15(9-7-14)20-10-4-3-5-11-20/h6-9H,3-5,10-11H2,1-2H3,(H,19,21). The third-order valence-corrected chi connectivity index (χ3v) is 5.03. The van der Waals surface area contributed by atoms with Gasteiger partial charge >= 0.3 is 0 Å². The molecule has 1 saturated heterocycles. The van der Waals surface area contributed by atoms with E-state index in [-0.39, 0.29) is 5.91 Å². The smallest absolute Gasteiger partial charge is 0.267 e. The summed E-state index contributed by atoms with van der Waals surface area (Å²) in [6.45, 7) is 6.05. The maximum Gasteiger partial charge on any atom is 0.267 e. The summed E-state index contributed by atoms with van der Waals surface area (Å²) >= 11 is 1.44. The van der Waals surface area contributed by atoms with E-state index >= 15 is 0 Å². The second-order valence-corrected chi connectivity index (χ2v) is 6.90. The van der Waals surface area contributed by atoms with Crippen molar-refractivity contribution in [3.8, 4) is 0 Å². The van der Waals surface area contributed by atoms with E-state index in [9.17, 15) is 4.79 Å². The fourth-order valence-electron chi connectivity index (χ4n) is 2.84. The highest BCUT2D eigenvalue weighted by molar-refractivity contribution is 7.13. The number of nitrogens with zero attached hydrogens (tertiary/aromatic N) is 2. The summed E-state index contributed by atoms with van der Waals surface area (Å²) < 4.78 is 0. The highest BCUT2D eigenvalue weighted by Gasteiger charge is 2.14. The maximum atomic E-state index is 12.3. The number of amides is 1. The largest absolute Gasteiger partial charge is 0.372 e. The van der Waals surface area contributed by atoms with Gasteiger partial charge in [-0.05, 0) is 57.4 Å². The number of benzene rings is 1. The molecule has 116 valence electrons. The molecule has 1 N–H and O–H groups in total. The van der Waals surface area contributed by atoms with Crippen LogP contribution in [-0.2, 0) is 0 Å². The third-order valence-electron chi connectivity index (χ3n) is 3.96. The summed E-state index contributed by atoms with van der Waals surface area (Å²) in [5.74, 6) is -0.0752. The first-order chi connectivity index (χ1) is 10.6. The zero-order valence-corrected chi connectivity index (χ0v) is 13.9. The number of carbonyl (C=O) groups excluding carboxylic acids is 1. The first-order valence-corrected chi connectivity index (χ1v) is 8.55. The van der Waals surface area contributed by atoms with Crippen LogP contribution in [0.15, 0.2) is 24.3 Å². The van der Waals surface area contributed by atoms with Crippen molar-refractivity contribution in [3.05, 3.63) is 39.8 Å². The number of nitrogens with one attached hydrogen (secondary N) is 1. The topological polar surface area (TPSA) is 45.2 Å². The lowest BCUT2D eigenvalue weighted by Gasteiger charge is -2.28. The van der Waals surface area contributed by atoms with Crippen LogP contribution in [0.3, 0.4) is 0 Å². The van der Waals surface area contributed by atoms with Crippen molar-refractivity contribution in [2.75, 3.05) is 23.3 Å². The van der Waals surface area contributed by atoms with Gasteiger partial charge in [0.15, 0.2) is 0 Å². The molecule has 2 heterocycles. The molecule has 0 aliphatic carbocycles. The molecule has 1 aliphatic heterocycles. The molecule has 0 unspecified atom stereocenters. The van der Waals surface area contributed by atoms with Crippen molar-refractivity contribution in [2.45, 2.75) is 33.1 Å².